The van der Waals surface area contributed by atoms with Crippen LogP contribution in [0.1, 0.15) is 128 Å². The monoisotopic (exact) mass is 848 g/mol. The number of benzene rings is 2. The second kappa shape index (κ2) is 24.2. The summed E-state index contributed by atoms with van der Waals surface area (Å²) in [7, 11) is -4.48. The molecule has 1 saturated heterocycles. The molecule has 2 aromatic heterocycles. The van der Waals surface area contributed by atoms with Gasteiger partial charge in [0.15, 0.2) is 22.6 Å². The van der Waals surface area contributed by atoms with Crippen LogP contribution in [0.25, 0.3) is 11.2 Å². The smallest absolute Gasteiger partial charge is 0.459 e. The van der Waals surface area contributed by atoms with Gasteiger partial charge in [-0.05, 0) is 30.5 Å². The maximum atomic E-state index is 14.7. The Morgan fingerprint density at radius 2 is 1.55 bits per heavy atom. The number of nitrogen functional groups attached to an aromatic ring is 1. The third-order valence-electron chi connectivity index (χ3n) is 10.8. The van der Waals surface area contributed by atoms with Crippen LogP contribution in [-0.4, -0.2) is 61.6 Å². The molecule has 1 aliphatic rings. The molecular formula is C45H62FN6O7P. The Balaban J connectivity index is 1.16. The molecule has 0 saturated carbocycles. The Morgan fingerprint density at radius 3 is 2.15 bits per heavy atom. The maximum Gasteiger partial charge on any atom is 0.459 e. The molecule has 5 rings (SSSR count). The predicted octanol–water partition coefficient (Wildman–Crippen LogP) is 9.41. The highest BCUT2D eigenvalue weighted by Crippen LogP contribution is 2.48. The first-order valence-corrected chi connectivity index (χ1v) is 23.2. The molecule has 13 nitrogen and oxygen atoms in total. The van der Waals surface area contributed by atoms with Gasteiger partial charge in [0.05, 0.1) is 12.9 Å². The molecule has 1 aliphatic heterocycles. The summed E-state index contributed by atoms with van der Waals surface area (Å²) in [6.45, 7) is 1.84. The lowest BCUT2D eigenvalue weighted by molar-refractivity contribution is -0.146. The van der Waals surface area contributed by atoms with Crippen LogP contribution < -0.4 is 15.3 Å². The van der Waals surface area contributed by atoms with E-state index in [1.165, 1.54) is 87.9 Å². The van der Waals surface area contributed by atoms with E-state index in [4.69, 9.17) is 30.7 Å². The number of halogens is 1. The zero-order valence-electron chi connectivity index (χ0n) is 34.9. The van der Waals surface area contributed by atoms with E-state index in [1.54, 1.807) is 30.3 Å². The summed E-state index contributed by atoms with van der Waals surface area (Å²) in [4.78, 5) is 25.2. The molecule has 0 aliphatic carbocycles. The van der Waals surface area contributed by atoms with Crippen molar-refractivity contribution < 1.29 is 37.4 Å². The summed E-state index contributed by atoms with van der Waals surface area (Å²) in [6, 6.07) is 16.4. The van der Waals surface area contributed by atoms with Crippen LogP contribution in [0.3, 0.4) is 0 Å². The van der Waals surface area contributed by atoms with Crippen LogP contribution in [0.2, 0.25) is 0 Å². The van der Waals surface area contributed by atoms with E-state index in [2.05, 4.69) is 32.9 Å². The Bertz CT molecular complexity index is 1980. The molecule has 5 atom stereocenters. The number of carbonyl (C=O) groups is 1. The molecule has 326 valence electrons. The first kappa shape index (κ1) is 46.7. The molecule has 3 heterocycles. The second-order valence-corrected chi connectivity index (χ2v) is 17.3. The van der Waals surface area contributed by atoms with Gasteiger partial charge in [0.25, 0.3) is 0 Å². The van der Waals surface area contributed by atoms with Gasteiger partial charge in [-0.1, -0.05) is 158 Å². The number of hydrogen-bond donors (Lipinski definition) is 3. The van der Waals surface area contributed by atoms with Gasteiger partial charge in [-0.2, -0.15) is 19.4 Å². The average Bonchev–Trinajstić information content (AvgIpc) is 3.82. The number of imidazole rings is 1. The first-order valence-electron chi connectivity index (χ1n) is 21.6. The highest BCUT2D eigenvalue weighted by atomic mass is 31.2. The minimum absolute atomic E-state index is 0.0348. The van der Waals surface area contributed by atoms with Crippen LogP contribution in [0.5, 0.6) is 5.75 Å². The number of para-hydroxylation sites is 1. The summed E-state index contributed by atoms with van der Waals surface area (Å²) < 4.78 is 54.1. The van der Waals surface area contributed by atoms with Crippen LogP contribution >= 0.6 is 7.75 Å². The van der Waals surface area contributed by atoms with E-state index >= 15 is 0 Å². The number of nitrogens with two attached hydrogens (primary N) is 1. The molecule has 60 heavy (non-hydrogen) atoms. The molecule has 0 spiro atoms. The van der Waals surface area contributed by atoms with E-state index in [9.17, 15) is 18.9 Å². The standard InChI is InChI=1S/C45H62FN6O7P/c1-3-5-6-7-8-9-10-11-12-13-14-15-16-17-18-25-30-56-43(54)37(31-35-26-21-19-22-27-35)51-60(55,59-36-28-23-20-24-29-36)57-33-45(4-2)38(53)32-39(58-45)52-34-48-40-41(47)49-44(46)50-42(40)52/h2,19-24,26-29,34,37-39,53H,3,5-18,25,30-33H2,1H3,(H,51,55)(H2,47,49,50)/t37-,38-,39+,45+,60?/m0/s1. The van der Waals surface area contributed by atoms with Gasteiger partial charge in [0.2, 0.25) is 0 Å². The van der Waals surface area contributed by atoms with Crippen molar-refractivity contribution in [1.82, 2.24) is 24.6 Å². The first-order chi connectivity index (χ1) is 29.1. The number of unbranched alkanes of at least 4 members (excludes halogenated alkanes) is 15. The number of aromatic nitrogens is 4. The molecule has 1 unspecified atom stereocenters. The third kappa shape index (κ3) is 14.1. The number of ether oxygens (including phenoxy) is 2. The van der Waals surface area contributed by atoms with Crippen molar-refractivity contribution in [2.45, 2.75) is 146 Å². The number of carbonyl (C=O) groups excluding carboxylic acids is 1. The van der Waals surface area contributed by atoms with Crippen molar-refractivity contribution in [3.8, 4) is 18.1 Å². The number of aliphatic hydroxyl groups excluding tert-OH is 1. The summed E-state index contributed by atoms with van der Waals surface area (Å²) >= 11 is 0. The summed E-state index contributed by atoms with van der Waals surface area (Å²) in [5, 5.41) is 14.1. The Kier molecular flexibility index (Phi) is 18.8. The zero-order valence-corrected chi connectivity index (χ0v) is 35.8. The minimum atomic E-state index is -4.48. The van der Waals surface area contributed by atoms with Crippen molar-refractivity contribution in [2.24, 2.45) is 0 Å². The van der Waals surface area contributed by atoms with Gasteiger partial charge in [0.1, 0.15) is 30.7 Å². The van der Waals surface area contributed by atoms with Crippen LogP contribution in [0.15, 0.2) is 67.0 Å². The largest absolute Gasteiger partial charge is 0.465 e. The average molecular weight is 849 g/mol. The number of fused-ring (bicyclic) bond motifs is 1. The van der Waals surface area contributed by atoms with E-state index < -0.39 is 50.4 Å². The maximum absolute atomic E-state index is 14.7. The third-order valence-corrected chi connectivity index (χ3v) is 12.4. The Hall–Kier alpha value is -4.38. The number of esters is 1. The van der Waals surface area contributed by atoms with Gasteiger partial charge in [-0.15, -0.1) is 6.42 Å². The Labute approximate surface area is 354 Å². The normalized spacial score (nSPS) is 19.2. The fourth-order valence-electron chi connectivity index (χ4n) is 7.38. The van der Waals surface area contributed by atoms with Gasteiger partial charge in [-0.3, -0.25) is 13.9 Å². The quantitative estimate of drug-likeness (QED) is 0.0163. The van der Waals surface area contributed by atoms with E-state index in [1.807, 2.05) is 30.3 Å². The van der Waals surface area contributed by atoms with Crippen molar-refractivity contribution >= 4 is 30.7 Å². The number of nitrogens with one attached hydrogen (secondary N) is 1. The molecule has 0 amide bonds. The summed E-state index contributed by atoms with van der Waals surface area (Å²) in [6.07, 6.45) is 23.7. The van der Waals surface area contributed by atoms with E-state index in [0.717, 1.165) is 24.8 Å². The van der Waals surface area contributed by atoms with Crippen LogP contribution in [-0.2, 0) is 29.8 Å². The van der Waals surface area contributed by atoms with Gasteiger partial charge < -0.3 is 24.8 Å². The lowest BCUT2D eigenvalue weighted by atomic mass is 9.99. The van der Waals surface area contributed by atoms with E-state index in [-0.39, 0.29) is 42.2 Å². The van der Waals surface area contributed by atoms with Crippen LogP contribution in [0.4, 0.5) is 10.2 Å². The Morgan fingerprint density at radius 1 is 0.967 bits per heavy atom. The SMILES string of the molecule is C#C[C@]1(COP(=O)(N[C@@H](Cc2ccccc2)C(=O)OCCCCCCCCCCCCCCCCCC)Oc2ccccc2)O[C@@H](n2cnc3c(N)nc(F)nc32)C[C@@H]1O. The van der Waals surface area contributed by atoms with Crippen LogP contribution in [0, 0.1) is 18.4 Å². The van der Waals surface area contributed by atoms with Gasteiger partial charge in [0, 0.05) is 6.42 Å². The van der Waals surface area contributed by atoms with Crippen molar-refractivity contribution in [3.05, 3.63) is 78.6 Å². The van der Waals surface area contributed by atoms with E-state index in [0.29, 0.717) is 6.42 Å². The number of anilines is 1. The molecule has 4 aromatic rings. The molecule has 0 radical (unpaired) electrons. The molecule has 15 heteroatoms. The molecule has 0 bridgehead atoms. The molecule has 4 N–H and O–H groups in total. The fourth-order valence-corrected chi connectivity index (χ4v) is 8.90. The minimum Gasteiger partial charge on any atom is -0.465 e. The molecular weight excluding hydrogens is 787 g/mol. The molecule has 1 fully saturated rings. The lowest BCUT2D eigenvalue weighted by Gasteiger charge is -2.30. The van der Waals surface area contributed by atoms with Gasteiger partial charge >= 0.3 is 19.8 Å². The highest BCUT2D eigenvalue weighted by Gasteiger charge is 2.50. The van der Waals surface area contributed by atoms with Crippen molar-refractivity contribution in [3.63, 3.8) is 0 Å². The summed E-state index contributed by atoms with van der Waals surface area (Å²) in [5.41, 5.74) is 4.95. The summed E-state index contributed by atoms with van der Waals surface area (Å²) in [5.74, 6) is 1.86. The van der Waals surface area contributed by atoms with Crippen molar-refractivity contribution in [2.75, 3.05) is 18.9 Å². The fraction of sp³-hybridized carbons (Fsp3) is 0.556. The number of terminal acetylenes is 1. The zero-order chi connectivity index (χ0) is 42.6. The number of nitrogens with zero attached hydrogens (tertiary/aromatic N) is 4. The molecule has 2 aromatic carbocycles. The second-order valence-electron chi connectivity index (χ2n) is 15.6. The topological polar surface area (TPSA) is 173 Å². The lowest BCUT2D eigenvalue weighted by Crippen LogP contribution is -2.44. The predicted molar refractivity (Wildman–Crippen MR) is 230 cm³/mol. The number of aliphatic hydroxyl groups is 1. The number of rotatable bonds is 28. The highest BCUT2D eigenvalue weighted by molar-refractivity contribution is 7.52. The number of hydrogen-bond acceptors (Lipinski definition) is 11. The van der Waals surface area contributed by atoms with Gasteiger partial charge in [-0.25, -0.2) is 9.55 Å². The van der Waals surface area contributed by atoms with Crippen molar-refractivity contribution in [1.29, 1.82) is 0 Å².